The number of para-hydroxylation sites is 1. The lowest BCUT2D eigenvalue weighted by atomic mass is 9.93. The fourth-order valence-corrected chi connectivity index (χ4v) is 2.71. The number of alkyl halides is 3. The summed E-state index contributed by atoms with van der Waals surface area (Å²) >= 11 is 0. The van der Waals surface area contributed by atoms with E-state index < -0.39 is 23.2 Å². The number of hydrogen-bond donors (Lipinski definition) is 1. The maximum atomic E-state index is 13.1. The summed E-state index contributed by atoms with van der Waals surface area (Å²) in [5.74, 6) is -0.435. The van der Waals surface area contributed by atoms with Crippen LogP contribution in [-0.4, -0.2) is 17.5 Å². The van der Waals surface area contributed by atoms with E-state index in [0.717, 1.165) is 6.07 Å². The molecule has 20 heavy (non-hydrogen) atoms. The number of hydrogen-bond acceptors (Lipinski definition) is 2. The Morgan fingerprint density at radius 2 is 1.85 bits per heavy atom. The van der Waals surface area contributed by atoms with Gasteiger partial charge in [-0.1, -0.05) is 6.07 Å². The zero-order valence-electron chi connectivity index (χ0n) is 11.8. The van der Waals surface area contributed by atoms with Gasteiger partial charge in [-0.05, 0) is 39.8 Å². The lowest BCUT2D eigenvalue weighted by Gasteiger charge is -2.46. The van der Waals surface area contributed by atoms with Crippen molar-refractivity contribution < 1.29 is 18.0 Å². The van der Waals surface area contributed by atoms with Gasteiger partial charge in [-0.15, -0.1) is 0 Å². The number of carbonyl (C=O) groups is 1. The number of fused-ring (bicyclic) bond motifs is 1. The molecule has 1 heterocycles. The van der Waals surface area contributed by atoms with Crippen LogP contribution in [0.2, 0.25) is 0 Å². The van der Waals surface area contributed by atoms with E-state index >= 15 is 0 Å². The molecule has 0 bridgehead atoms. The Morgan fingerprint density at radius 1 is 1.25 bits per heavy atom. The van der Waals surface area contributed by atoms with Crippen LogP contribution in [0.1, 0.15) is 33.3 Å². The summed E-state index contributed by atoms with van der Waals surface area (Å²) in [6, 6.07) is 3.85. The Balaban J connectivity index is 2.70. The highest BCUT2D eigenvalue weighted by molar-refractivity contribution is 6.07. The zero-order valence-corrected chi connectivity index (χ0v) is 11.8. The van der Waals surface area contributed by atoms with Crippen molar-refractivity contribution in [3.8, 4) is 0 Å². The number of rotatable bonds is 1. The van der Waals surface area contributed by atoms with Crippen LogP contribution in [0, 0.1) is 0 Å². The van der Waals surface area contributed by atoms with E-state index in [-0.39, 0.29) is 11.7 Å². The van der Waals surface area contributed by atoms with Gasteiger partial charge >= 0.3 is 6.18 Å². The minimum Gasteiger partial charge on any atom is -0.353 e. The molecule has 6 heteroatoms. The van der Waals surface area contributed by atoms with Crippen LogP contribution in [0.15, 0.2) is 18.2 Å². The molecule has 0 saturated carbocycles. The van der Waals surface area contributed by atoms with Gasteiger partial charge in [-0.3, -0.25) is 4.79 Å². The first kappa shape index (κ1) is 14.7. The summed E-state index contributed by atoms with van der Waals surface area (Å²) in [7, 11) is 0. The maximum Gasteiger partial charge on any atom is 0.418 e. The van der Waals surface area contributed by atoms with Crippen molar-refractivity contribution in [3.63, 3.8) is 0 Å². The molecule has 1 amide bonds. The third-order valence-electron chi connectivity index (χ3n) is 3.52. The first-order valence-electron chi connectivity index (χ1n) is 6.38. The highest BCUT2D eigenvalue weighted by Gasteiger charge is 2.45. The second-order valence-electron chi connectivity index (χ2n) is 5.67. The Labute approximate surface area is 115 Å². The van der Waals surface area contributed by atoms with Crippen molar-refractivity contribution in [1.82, 2.24) is 0 Å². The van der Waals surface area contributed by atoms with E-state index in [2.05, 4.69) is 5.32 Å². The average molecular weight is 286 g/mol. The molecule has 0 aromatic heterocycles. The Morgan fingerprint density at radius 3 is 2.35 bits per heavy atom. The molecule has 0 fully saturated rings. The lowest BCUT2D eigenvalue weighted by molar-refractivity contribution is -0.137. The molecule has 2 rings (SSSR count). The smallest absolute Gasteiger partial charge is 0.353 e. The SMILES string of the molecule is CC(C)N1c2cccc(C(F)(F)F)c2NC(=O)C1(C)C. The van der Waals surface area contributed by atoms with Gasteiger partial charge in [0.2, 0.25) is 5.91 Å². The van der Waals surface area contributed by atoms with E-state index in [4.69, 9.17) is 0 Å². The fourth-order valence-electron chi connectivity index (χ4n) is 2.71. The van der Waals surface area contributed by atoms with Crippen molar-refractivity contribution >= 4 is 17.3 Å². The Kier molecular flexibility index (Phi) is 3.23. The van der Waals surface area contributed by atoms with Gasteiger partial charge in [0.05, 0.1) is 16.9 Å². The van der Waals surface area contributed by atoms with E-state index in [0.29, 0.717) is 5.69 Å². The molecule has 1 aliphatic heterocycles. The quantitative estimate of drug-likeness (QED) is 0.854. The molecule has 1 aromatic carbocycles. The molecule has 0 spiro atoms. The number of benzene rings is 1. The summed E-state index contributed by atoms with van der Waals surface area (Å²) in [6.07, 6.45) is -4.50. The molecule has 0 radical (unpaired) electrons. The standard InChI is InChI=1S/C14H17F3N2O/c1-8(2)19-10-7-5-6-9(14(15,16)17)11(10)18-12(20)13(19,3)4/h5-8H,1-4H3,(H,18,20). The molecule has 0 atom stereocenters. The minimum absolute atomic E-state index is 0.0988. The highest BCUT2D eigenvalue weighted by Crippen LogP contribution is 2.45. The number of anilines is 2. The largest absolute Gasteiger partial charge is 0.418 e. The van der Waals surface area contributed by atoms with Crippen molar-refractivity contribution in [1.29, 1.82) is 0 Å². The minimum atomic E-state index is -4.50. The summed E-state index contributed by atoms with van der Waals surface area (Å²) in [5.41, 5.74) is -1.47. The van der Waals surface area contributed by atoms with Crippen molar-refractivity contribution in [3.05, 3.63) is 23.8 Å². The van der Waals surface area contributed by atoms with Gasteiger partial charge in [-0.2, -0.15) is 13.2 Å². The fraction of sp³-hybridized carbons (Fsp3) is 0.500. The second kappa shape index (κ2) is 4.40. The maximum absolute atomic E-state index is 13.1. The topological polar surface area (TPSA) is 32.3 Å². The normalized spacial score (nSPS) is 18.0. The summed E-state index contributed by atoms with van der Waals surface area (Å²) in [5, 5.41) is 2.41. The average Bonchev–Trinajstić information content (AvgIpc) is 2.27. The van der Waals surface area contributed by atoms with Crippen LogP contribution < -0.4 is 10.2 Å². The highest BCUT2D eigenvalue weighted by atomic mass is 19.4. The van der Waals surface area contributed by atoms with E-state index in [9.17, 15) is 18.0 Å². The number of carbonyl (C=O) groups excluding carboxylic acids is 1. The molecule has 1 N–H and O–H groups in total. The third-order valence-corrected chi connectivity index (χ3v) is 3.52. The van der Waals surface area contributed by atoms with Crippen LogP contribution in [0.3, 0.4) is 0 Å². The molecular weight excluding hydrogens is 269 g/mol. The van der Waals surface area contributed by atoms with Gasteiger partial charge in [-0.25, -0.2) is 0 Å². The van der Waals surface area contributed by atoms with Crippen LogP contribution in [0.25, 0.3) is 0 Å². The van der Waals surface area contributed by atoms with Gasteiger partial charge in [0.1, 0.15) is 5.54 Å². The predicted octanol–water partition coefficient (Wildman–Crippen LogP) is 3.65. The predicted molar refractivity (Wildman–Crippen MR) is 71.8 cm³/mol. The molecule has 1 aliphatic rings. The third kappa shape index (κ3) is 2.13. The van der Waals surface area contributed by atoms with Gasteiger partial charge in [0, 0.05) is 6.04 Å². The molecular formula is C14H17F3N2O. The van der Waals surface area contributed by atoms with E-state index in [1.54, 1.807) is 24.8 Å². The zero-order chi connectivity index (χ0) is 15.3. The van der Waals surface area contributed by atoms with Gasteiger partial charge in [0.15, 0.2) is 0 Å². The molecule has 3 nitrogen and oxygen atoms in total. The van der Waals surface area contributed by atoms with Crippen LogP contribution in [-0.2, 0) is 11.0 Å². The van der Waals surface area contributed by atoms with Crippen molar-refractivity contribution in [2.24, 2.45) is 0 Å². The Bertz CT molecular complexity index is 550. The number of nitrogens with one attached hydrogen (secondary N) is 1. The number of amides is 1. The molecule has 0 aliphatic carbocycles. The second-order valence-corrected chi connectivity index (χ2v) is 5.67. The summed E-state index contributed by atoms with van der Waals surface area (Å²) < 4.78 is 39.2. The molecule has 110 valence electrons. The Hall–Kier alpha value is -1.72. The first-order chi connectivity index (χ1) is 9.06. The van der Waals surface area contributed by atoms with E-state index in [1.165, 1.54) is 6.07 Å². The van der Waals surface area contributed by atoms with Crippen molar-refractivity contribution in [2.75, 3.05) is 10.2 Å². The molecule has 1 aromatic rings. The van der Waals surface area contributed by atoms with Crippen LogP contribution >= 0.6 is 0 Å². The first-order valence-corrected chi connectivity index (χ1v) is 6.38. The number of nitrogens with zero attached hydrogens (tertiary/aromatic N) is 1. The monoisotopic (exact) mass is 286 g/mol. The number of halogens is 3. The van der Waals surface area contributed by atoms with Gasteiger partial charge < -0.3 is 10.2 Å². The summed E-state index contributed by atoms with van der Waals surface area (Å²) in [4.78, 5) is 13.9. The van der Waals surface area contributed by atoms with Gasteiger partial charge in [0.25, 0.3) is 0 Å². The van der Waals surface area contributed by atoms with Crippen LogP contribution in [0.5, 0.6) is 0 Å². The molecule has 0 saturated heterocycles. The lowest BCUT2D eigenvalue weighted by Crippen LogP contribution is -2.58. The summed E-state index contributed by atoms with van der Waals surface area (Å²) in [6.45, 7) is 7.10. The van der Waals surface area contributed by atoms with Crippen molar-refractivity contribution in [2.45, 2.75) is 45.5 Å². The van der Waals surface area contributed by atoms with Crippen LogP contribution in [0.4, 0.5) is 24.5 Å². The van der Waals surface area contributed by atoms with E-state index in [1.807, 2.05) is 13.8 Å². The molecule has 0 unspecified atom stereocenters.